The molecule has 0 saturated heterocycles. The summed E-state index contributed by atoms with van der Waals surface area (Å²) in [6.07, 6.45) is 3.04. The second-order valence-electron chi connectivity index (χ2n) is 3.08. The third-order valence-electron chi connectivity index (χ3n) is 2.03. The second-order valence-corrected chi connectivity index (χ2v) is 3.99. The van der Waals surface area contributed by atoms with Gasteiger partial charge in [0.15, 0.2) is 0 Å². The molecule has 0 aliphatic carbocycles. The van der Waals surface area contributed by atoms with Gasteiger partial charge in [0.2, 0.25) is 5.91 Å². The van der Waals surface area contributed by atoms with Crippen molar-refractivity contribution in [3.63, 3.8) is 0 Å². The molecule has 0 heterocycles. The Balaban J connectivity index is 3.85. The van der Waals surface area contributed by atoms with E-state index in [9.17, 15) is 4.79 Å². The average Bonchev–Trinajstić information content (AvgIpc) is 2.15. The van der Waals surface area contributed by atoms with Crippen molar-refractivity contribution in [2.45, 2.75) is 32.4 Å². The van der Waals surface area contributed by atoms with Crippen LogP contribution in [0.3, 0.4) is 0 Å². The predicted molar refractivity (Wildman–Crippen MR) is 59.1 cm³/mol. The van der Waals surface area contributed by atoms with Gasteiger partial charge < -0.3 is 10.6 Å². The summed E-state index contributed by atoms with van der Waals surface area (Å²) < 4.78 is 0. The third kappa shape index (κ3) is 5.16. The molecule has 78 valence electrons. The Kier molecular flexibility index (Phi) is 7.09. The molecule has 0 aromatic heterocycles. The lowest BCUT2D eigenvalue weighted by molar-refractivity contribution is -0.123. The van der Waals surface area contributed by atoms with Crippen molar-refractivity contribution >= 4 is 17.7 Å². The number of thioether (sulfide) groups is 1. The zero-order chi connectivity index (χ0) is 10.3. The fourth-order valence-corrected chi connectivity index (χ4v) is 1.64. The molecule has 0 rings (SSSR count). The van der Waals surface area contributed by atoms with Gasteiger partial charge in [-0.15, -0.1) is 0 Å². The number of hydrogen-bond acceptors (Lipinski definition) is 3. The predicted octanol–water partition coefficient (Wildman–Crippen LogP) is 0.852. The van der Waals surface area contributed by atoms with Gasteiger partial charge in [-0.25, -0.2) is 0 Å². The number of amides is 1. The van der Waals surface area contributed by atoms with Crippen molar-refractivity contribution in [2.24, 2.45) is 0 Å². The van der Waals surface area contributed by atoms with Gasteiger partial charge in [0.1, 0.15) is 0 Å². The molecule has 0 aromatic rings. The quantitative estimate of drug-likeness (QED) is 0.674. The molecule has 2 unspecified atom stereocenters. The number of carbonyl (C=O) groups excluding carboxylic acids is 1. The molecule has 13 heavy (non-hydrogen) atoms. The van der Waals surface area contributed by atoms with Crippen molar-refractivity contribution in [2.75, 3.05) is 19.1 Å². The Morgan fingerprint density at radius 3 is 2.54 bits per heavy atom. The topological polar surface area (TPSA) is 41.1 Å². The zero-order valence-corrected chi connectivity index (χ0v) is 9.70. The van der Waals surface area contributed by atoms with Crippen molar-refractivity contribution < 1.29 is 4.79 Å². The number of hydrogen-bond donors (Lipinski definition) is 2. The molecule has 0 aliphatic rings. The Bertz CT molecular complexity index is 153. The summed E-state index contributed by atoms with van der Waals surface area (Å²) >= 11 is 1.76. The summed E-state index contributed by atoms with van der Waals surface area (Å²) in [6.45, 7) is 3.95. The van der Waals surface area contributed by atoms with Crippen molar-refractivity contribution in [1.82, 2.24) is 10.6 Å². The first-order valence-corrected chi connectivity index (χ1v) is 6.01. The van der Waals surface area contributed by atoms with Gasteiger partial charge in [-0.3, -0.25) is 4.79 Å². The normalized spacial score (nSPS) is 15.1. The van der Waals surface area contributed by atoms with Gasteiger partial charge in [0, 0.05) is 11.8 Å². The van der Waals surface area contributed by atoms with E-state index >= 15 is 0 Å². The summed E-state index contributed by atoms with van der Waals surface area (Å²) in [4.78, 5) is 11.4. The smallest absolute Gasteiger partial charge is 0.237 e. The minimum Gasteiger partial charge on any atom is -0.351 e. The highest BCUT2D eigenvalue weighted by molar-refractivity contribution is 7.98. The fraction of sp³-hybridized carbons (Fsp3) is 0.889. The molecule has 0 radical (unpaired) electrons. The molecule has 0 spiro atoms. The highest BCUT2D eigenvalue weighted by atomic mass is 32.2. The van der Waals surface area contributed by atoms with Crippen LogP contribution in [0.15, 0.2) is 0 Å². The summed E-state index contributed by atoms with van der Waals surface area (Å²) in [5, 5.41) is 5.91. The van der Waals surface area contributed by atoms with E-state index in [1.54, 1.807) is 18.8 Å². The number of likely N-dealkylation sites (N-methyl/N-ethyl adjacent to an activating group) is 1. The number of carbonyl (C=O) groups is 1. The van der Waals surface area contributed by atoms with Gasteiger partial charge in [-0.2, -0.15) is 11.8 Å². The molecule has 0 fully saturated rings. The van der Waals surface area contributed by atoms with Gasteiger partial charge >= 0.3 is 0 Å². The first kappa shape index (κ1) is 12.8. The fourth-order valence-electron chi connectivity index (χ4n) is 0.920. The van der Waals surface area contributed by atoms with E-state index in [2.05, 4.69) is 23.8 Å². The first-order chi connectivity index (χ1) is 6.15. The maximum atomic E-state index is 11.4. The SMILES string of the molecule is CCC(CSC)NC(=O)C(C)NC. The van der Waals surface area contributed by atoms with Crippen LogP contribution in [0, 0.1) is 0 Å². The van der Waals surface area contributed by atoms with Crippen molar-refractivity contribution in [3.05, 3.63) is 0 Å². The minimum atomic E-state index is -0.101. The molecule has 0 aromatic carbocycles. The summed E-state index contributed by atoms with van der Waals surface area (Å²) in [5.74, 6) is 1.07. The van der Waals surface area contributed by atoms with Crippen molar-refractivity contribution in [1.29, 1.82) is 0 Å². The van der Waals surface area contributed by atoms with Gasteiger partial charge in [0.25, 0.3) is 0 Å². The molecule has 0 bridgehead atoms. The van der Waals surface area contributed by atoms with Crippen LogP contribution in [0.2, 0.25) is 0 Å². The Morgan fingerprint density at radius 2 is 2.15 bits per heavy atom. The zero-order valence-electron chi connectivity index (χ0n) is 8.89. The lowest BCUT2D eigenvalue weighted by atomic mass is 10.2. The summed E-state index contributed by atoms with van der Waals surface area (Å²) in [7, 11) is 1.79. The monoisotopic (exact) mass is 204 g/mol. The van der Waals surface area contributed by atoms with E-state index in [0.29, 0.717) is 6.04 Å². The Hall–Kier alpha value is -0.220. The molecule has 0 saturated carbocycles. The summed E-state index contributed by atoms with van der Waals surface area (Å²) in [6, 6.07) is 0.203. The van der Waals surface area contributed by atoms with E-state index in [1.165, 1.54) is 0 Å². The highest BCUT2D eigenvalue weighted by Crippen LogP contribution is 2.01. The van der Waals surface area contributed by atoms with E-state index in [0.717, 1.165) is 12.2 Å². The van der Waals surface area contributed by atoms with Crippen LogP contribution in [0.1, 0.15) is 20.3 Å². The third-order valence-corrected chi connectivity index (χ3v) is 2.77. The van der Waals surface area contributed by atoms with E-state index < -0.39 is 0 Å². The molecule has 1 amide bonds. The molecular formula is C9H20N2OS. The largest absolute Gasteiger partial charge is 0.351 e. The molecule has 2 N–H and O–H groups in total. The van der Waals surface area contributed by atoms with Crippen LogP contribution in [-0.4, -0.2) is 37.0 Å². The standard InChI is InChI=1S/C9H20N2OS/c1-5-8(6-13-4)11-9(12)7(2)10-3/h7-8,10H,5-6H2,1-4H3,(H,11,12). The van der Waals surface area contributed by atoms with Crippen LogP contribution < -0.4 is 10.6 Å². The van der Waals surface area contributed by atoms with E-state index in [1.807, 2.05) is 6.92 Å². The van der Waals surface area contributed by atoms with Crippen molar-refractivity contribution in [3.8, 4) is 0 Å². The lowest BCUT2D eigenvalue weighted by Gasteiger charge is -2.18. The maximum absolute atomic E-state index is 11.4. The molecule has 4 heteroatoms. The van der Waals surface area contributed by atoms with Crippen LogP contribution in [-0.2, 0) is 4.79 Å². The van der Waals surface area contributed by atoms with Crippen LogP contribution >= 0.6 is 11.8 Å². The van der Waals surface area contributed by atoms with Gasteiger partial charge in [-0.05, 0) is 26.6 Å². The second kappa shape index (κ2) is 7.21. The van der Waals surface area contributed by atoms with Gasteiger partial charge in [-0.1, -0.05) is 6.92 Å². The molecule has 3 nitrogen and oxygen atoms in total. The number of nitrogens with one attached hydrogen (secondary N) is 2. The summed E-state index contributed by atoms with van der Waals surface area (Å²) in [5.41, 5.74) is 0. The maximum Gasteiger partial charge on any atom is 0.237 e. The van der Waals surface area contributed by atoms with E-state index in [4.69, 9.17) is 0 Å². The number of rotatable bonds is 6. The molecule has 0 aliphatic heterocycles. The van der Waals surface area contributed by atoms with Crippen LogP contribution in [0.25, 0.3) is 0 Å². The minimum absolute atomic E-state index is 0.0865. The van der Waals surface area contributed by atoms with Gasteiger partial charge in [0.05, 0.1) is 6.04 Å². The highest BCUT2D eigenvalue weighted by Gasteiger charge is 2.14. The Morgan fingerprint density at radius 1 is 1.54 bits per heavy atom. The average molecular weight is 204 g/mol. The van der Waals surface area contributed by atoms with Crippen LogP contribution in [0.5, 0.6) is 0 Å². The Labute approximate surface area is 85.0 Å². The first-order valence-electron chi connectivity index (χ1n) is 4.62. The molecular weight excluding hydrogens is 184 g/mol. The van der Waals surface area contributed by atoms with Crippen LogP contribution in [0.4, 0.5) is 0 Å². The molecule has 2 atom stereocenters. The van der Waals surface area contributed by atoms with E-state index in [-0.39, 0.29) is 11.9 Å². The lowest BCUT2D eigenvalue weighted by Crippen LogP contribution is -2.45.